The Balaban J connectivity index is 1.53. The van der Waals surface area contributed by atoms with Crippen molar-refractivity contribution in [1.82, 2.24) is 15.5 Å². The Hall–Kier alpha value is -1.07. The van der Waals surface area contributed by atoms with Gasteiger partial charge in [0.15, 0.2) is 5.96 Å². The maximum Gasteiger partial charge on any atom is 0.191 e. The van der Waals surface area contributed by atoms with Gasteiger partial charge in [0, 0.05) is 24.5 Å². The monoisotopic (exact) mass is 334 g/mol. The number of nitrogens with one attached hydrogen (secondary N) is 2. The second kappa shape index (κ2) is 8.15. The molecule has 0 radical (unpaired) electrons. The van der Waals surface area contributed by atoms with E-state index in [1.807, 2.05) is 18.4 Å². The SMILES string of the molecule is CCCC1CC1NC(=NC)NCC(c1cccs1)N1CCCC1. The molecular weight excluding hydrogens is 304 g/mol. The van der Waals surface area contributed by atoms with E-state index >= 15 is 0 Å². The molecule has 0 spiro atoms. The molecule has 2 N–H and O–H groups in total. The lowest BCUT2D eigenvalue weighted by Gasteiger charge is -2.27. The normalized spacial score (nSPS) is 26.3. The van der Waals surface area contributed by atoms with Crippen LogP contribution in [0.2, 0.25) is 0 Å². The van der Waals surface area contributed by atoms with E-state index in [1.54, 1.807) is 0 Å². The Bertz CT molecular complexity index is 493. The molecule has 4 nitrogen and oxygen atoms in total. The molecule has 1 saturated heterocycles. The molecule has 0 bridgehead atoms. The van der Waals surface area contributed by atoms with E-state index in [-0.39, 0.29) is 0 Å². The number of rotatable bonds is 7. The summed E-state index contributed by atoms with van der Waals surface area (Å²) in [5.41, 5.74) is 0. The van der Waals surface area contributed by atoms with Gasteiger partial charge in [-0.3, -0.25) is 9.89 Å². The molecule has 0 aromatic carbocycles. The van der Waals surface area contributed by atoms with Gasteiger partial charge in [0.2, 0.25) is 0 Å². The Labute approximate surface area is 144 Å². The first kappa shape index (κ1) is 16.8. The number of hydrogen-bond donors (Lipinski definition) is 2. The lowest BCUT2D eigenvalue weighted by Crippen LogP contribution is -2.43. The van der Waals surface area contributed by atoms with E-state index in [9.17, 15) is 0 Å². The zero-order valence-corrected chi connectivity index (χ0v) is 15.2. The second-order valence-corrected chi connectivity index (χ2v) is 7.74. The van der Waals surface area contributed by atoms with Crippen molar-refractivity contribution < 1.29 is 0 Å². The van der Waals surface area contributed by atoms with Gasteiger partial charge in [-0.1, -0.05) is 19.4 Å². The molecule has 1 saturated carbocycles. The van der Waals surface area contributed by atoms with Gasteiger partial charge in [-0.05, 0) is 56.1 Å². The van der Waals surface area contributed by atoms with Gasteiger partial charge in [0.1, 0.15) is 0 Å². The minimum atomic E-state index is 0.474. The van der Waals surface area contributed by atoms with Crippen molar-refractivity contribution >= 4 is 17.3 Å². The van der Waals surface area contributed by atoms with Gasteiger partial charge in [-0.15, -0.1) is 11.3 Å². The van der Waals surface area contributed by atoms with Crippen LogP contribution in [0.1, 0.15) is 49.9 Å². The molecule has 5 heteroatoms. The molecule has 2 heterocycles. The number of nitrogens with zero attached hydrogens (tertiary/aromatic N) is 2. The van der Waals surface area contributed by atoms with Gasteiger partial charge < -0.3 is 10.6 Å². The highest BCUT2D eigenvalue weighted by Crippen LogP contribution is 2.34. The second-order valence-electron chi connectivity index (χ2n) is 6.76. The van der Waals surface area contributed by atoms with Crippen LogP contribution in [0.15, 0.2) is 22.5 Å². The molecule has 3 unspecified atom stereocenters. The predicted molar refractivity (Wildman–Crippen MR) is 99.2 cm³/mol. The van der Waals surface area contributed by atoms with Gasteiger partial charge in [-0.25, -0.2) is 0 Å². The topological polar surface area (TPSA) is 39.7 Å². The van der Waals surface area contributed by atoms with Crippen molar-refractivity contribution in [2.45, 2.75) is 51.1 Å². The largest absolute Gasteiger partial charge is 0.354 e. The lowest BCUT2D eigenvalue weighted by molar-refractivity contribution is 0.249. The molecule has 1 aliphatic carbocycles. The van der Waals surface area contributed by atoms with E-state index < -0.39 is 0 Å². The van der Waals surface area contributed by atoms with Crippen LogP contribution in [0.4, 0.5) is 0 Å². The molecule has 3 atom stereocenters. The summed E-state index contributed by atoms with van der Waals surface area (Å²) in [7, 11) is 1.88. The smallest absolute Gasteiger partial charge is 0.191 e. The number of likely N-dealkylation sites (tertiary alicyclic amines) is 1. The maximum atomic E-state index is 4.42. The Kier molecular flexibility index (Phi) is 5.95. The fourth-order valence-electron chi connectivity index (χ4n) is 3.62. The fourth-order valence-corrected chi connectivity index (χ4v) is 4.48. The summed E-state index contributed by atoms with van der Waals surface area (Å²) in [5.74, 6) is 1.82. The summed E-state index contributed by atoms with van der Waals surface area (Å²) < 4.78 is 0. The average molecular weight is 335 g/mol. The molecule has 1 aromatic rings. The molecule has 128 valence electrons. The molecule has 1 aromatic heterocycles. The minimum absolute atomic E-state index is 0.474. The zero-order chi connectivity index (χ0) is 16.1. The lowest BCUT2D eigenvalue weighted by atomic mass is 10.2. The molecule has 3 rings (SSSR count). The minimum Gasteiger partial charge on any atom is -0.354 e. The quantitative estimate of drug-likeness (QED) is 0.594. The van der Waals surface area contributed by atoms with Crippen molar-refractivity contribution in [2.75, 3.05) is 26.7 Å². The standard InChI is InChI=1S/C18H30N4S/c1-3-7-14-12-15(14)21-18(19-2)20-13-16(17-8-6-11-23-17)22-9-4-5-10-22/h6,8,11,14-16H,3-5,7,9-10,12-13H2,1-2H3,(H2,19,20,21). The van der Waals surface area contributed by atoms with Crippen LogP contribution in [-0.2, 0) is 0 Å². The van der Waals surface area contributed by atoms with Gasteiger partial charge in [-0.2, -0.15) is 0 Å². The van der Waals surface area contributed by atoms with Crippen molar-refractivity contribution in [1.29, 1.82) is 0 Å². The molecule has 1 aliphatic heterocycles. The van der Waals surface area contributed by atoms with Crippen molar-refractivity contribution in [3.05, 3.63) is 22.4 Å². The highest BCUT2D eigenvalue weighted by atomic mass is 32.1. The van der Waals surface area contributed by atoms with Crippen LogP contribution in [0.3, 0.4) is 0 Å². The number of aliphatic imine (C=N–C) groups is 1. The first-order chi connectivity index (χ1) is 11.3. The molecule has 23 heavy (non-hydrogen) atoms. The van der Waals surface area contributed by atoms with E-state index in [2.05, 4.69) is 45.0 Å². The Morgan fingerprint density at radius 3 is 2.91 bits per heavy atom. The van der Waals surface area contributed by atoms with Crippen LogP contribution < -0.4 is 10.6 Å². The van der Waals surface area contributed by atoms with Gasteiger partial charge >= 0.3 is 0 Å². The summed E-state index contributed by atoms with van der Waals surface area (Å²) in [6.45, 7) is 5.64. The van der Waals surface area contributed by atoms with Crippen LogP contribution in [0.5, 0.6) is 0 Å². The van der Waals surface area contributed by atoms with Gasteiger partial charge in [0.05, 0.1) is 6.04 Å². The van der Waals surface area contributed by atoms with E-state index in [0.717, 1.165) is 18.4 Å². The van der Waals surface area contributed by atoms with Crippen LogP contribution in [0.25, 0.3) is 0 Å². The first-order valence-electron chi connectivity index (χ1n) is 9.06. The van der Waals surface area contributed by atoms with Crippen LogP contribution in [0, 0.1) is 5.92 Å². The number of hydrogen-bond acceptors (Lipinski definition) is 3. The average Bonchev–Trinajstić information content (AvgIpc) is 3.03. The van der Waals surface area contributed by atoms with Crippen LogP contribution in [-0.4, -0.2) is 43.6 Å². The predicted octanol–water partition coefficient (Wildman–Crippen LogP) is 3.24. The van der Waals surface area contributed by atoms with Crippen molar-refractivity contribution in [3.8, 4) is 0 Å². The first-order valence-corrected chi connectivity index (χ1v) is 9.94. The van der Waals surface area contributed by atoms with Crippen molar-refractivity contribution in [2.24, 2.45) is 10.9 Å². The highest BCUT2D eigenvalue weighted by Gasteiger charge is 2.36. The van der Waals surface area contributed by atoms with E-state index in [1.165, 1.54) is 50.1 Å². The Morgan fingerprint density at radius 1 is 1.43 bits per heavy atom. The van der Waals surface area contributed by atoms with E-state index in [0.29, 0.717) is 12.1 Å². The van der Waals surface area contributed by atoms with Crippen molar-refractivity contribution in [3.63, 3.8) is 0 Å². The van der Waals surface area contributed by atoms with Crippen LogP contribution >= 0.6 is 11.3 Å². The maximum absolute atomic E-state index is 4.42. The van der Waals surface area contributed by atoms with E-state index in [4.69, 9.17) is 0 Å². The van der Waals surface area contributed by atoms with Gasteiger partial charge in [0.25, 0.3) is 0 Å². The fraction of sp³-hybridized carbons (Fsp3) is 0.722. The zero-order valence-electron chi connectivity index (χ0n) is 14.4. The molecule has 2 fully saturated rings. The summed E-state index contributed by atoms with van der Waals surface area (Å²) in [5, 5.41) is 9.35. The number of thiophene rings is 1. The third-order valence-electron chi connectivity index (χ3n) is 5.04. The summed E-state index contributed by atoms with van der Waals surface area (Å²) in [4.78, 5) is 8.50. The third-order valence-corrected chi connectivity index (χ3v) is 6.02. The summed E-state index contributed by atoms with van der Waals surface area (Å²) in [6, 6.07) is 5.54. The molecule has 2 aliphatic rings. The number of guanidine groups is 1. The third kappa shape index (κ3) is 4.48. The molecular formula is C18H30N4S. The Morgan fingerprint density at radius 2 is 2.26 bits per heavy atom. The summed E-state index contributed by atoms with van der Waals surface area (Å²) >= 11 is 1.87. The highest BCUT2D eigenvalue weighted by molar-refractivity contribution is 7.10. The molecule has 0 amide bonds. The summed E-state index contributed by atoms with van der Waals surface area (Å²) in [6.07, 6.45) is 6.57.